The molecule has 2 N–H and O–H groups in total. The zero-order valence-electron chi connectivity index (χ0n) is 15.4. The van der Waals surface area contributed by atoms with E-state index in [1.807, 2.05) is 52.0 Å². The van der Waals surface area contributed by atoms with Crippen molar-refractivity contribution >= 4 is 11.8 Å². The largest absolute Gasteiger partial charge is 0.497 e. The number of rotatable bonds is 8. The van der Waals surface area contributed by atoms with Crippen molar-refractivity contribution in [3.8, 4) is 5.75 Å². The highest BCUT2D eigenvalue weighted by Crippen LogP contribution is 2.20. The van der Waals surface area contributed by atoms with Crippen LogP contribution in [0.2, 0.25) is 0 Å². The van der Waals surface area contributed by atoms with Crippen molar-refractivity contribution in [1.82, 2.24) is 10.6 Å². The Bertz CT molecular complexity index is 533. The number of nitrogens with one attached hydrogen (secondary N) is 2. The molecule has 134 valence electrons. The number of carbonyl (C=O) groups is 2. The quantitative estimate of drug-likeness (QED) is 0.717. The van der Waals surface area contributed by atoms with Crippen molar-refractivity contribution in [3.05, 3.63) is 29.8 Å². The first-order valence-corrected chi connectivity index (χ1v) is 8.49. The number of methoxy groups -OCH3 is 1. The van der Waals surface area contributed by atoms with E-state index in [9.17, 15) is 9.59 Å². The second-order valence-electron chi connectivity index (χ2n) is 6.91. The molecule has 1 aromatic carbocycles. The molecule has 0 heterocycles. The standard InChI is InChI=1S/C19H30N2O3/c1-6-16(14-9-11-15(24-5)12-10-14)21-17(22)8-7-13-20-18(23)19(2,3)4/h9-12,16H,6-8,13H2,1-5H3,(H,20,23)(H,21,22). The Balaban J connectivity index is 2.40. The average Bonchev–Trinajstić information content (AvgIpc) is 2.55. The fourth-order valence-corrected chi connectivity index (χ4v) is 2.24. The van der Waals surface area contributed by atoms with Gasteiger partial charge in [0.15, 0.2) is 0 Å². The third kappa shape index (κ3) is 6.60. The van der Waals surface area contributed by atoms with Gasteiger partial charge in [0.05, 0.1) is 13.2 Å². The Morgan fingerprint density at radius 1 is 1.17 bits per heavy atom. The first kappa shape index (κ1) is 20.0. The predicted octanol–water partition coefficient (Wildman–Crippen LogP) is 3.21. The molecule has 1 rings (SSSR count). The fourth-order valence-electron chi connectivity index (χ4n) is 2.24. The SMILES string of the molecule is CCC(NC(=O)CCCNC(=O)C(C)(C)C)c1ccc(OC)cc1. The van der Waals surface area contributed by atoms with Crippen LogP contribution in [-0.4, -0.2) is 25.5 Å². The van der Waals surface area contributed by atoms with Gasteiger partial charge in [0.2, 0.25) is 11.8 Å². The van der Waals surface area contributed by atoms with Gasteiger partial charge in [0, 0.05) is 18.4 Å². The van der Waals surface area contributed by atoms with Crippen molar-refractivity contribution in [1.29, 1.82) is 0 Å². The van der Waals surface area contributed by atoms with E-state index in [0.717, 1.165) is 17.7 Å². The molecule has 1 unspecified atom stereocenters. The topological polar surface area (TPSA) is 67.4 Å². The Kier molecular flexibility index (Phi) is 7.75. The summed E-state index contributed by atoms with van der Waals surface area (Å²) < 4.78 is 5.15. The van der Waals surface area contributed by atoms with E-state index in [2.05, 4.69) is 10.6 Å². The molecule has 2 amide bonds. The van der Waals surface area contributed by atoms with E-state index >= 15 is 0 Å². The number of hydrogen-bond acceptors (Lipinski definition) is 3. The summed E-state index contributed by atoms with van der Waals surface area (Å²) in [7, 11) is 1.63. The maximum absolute atomic E-state index is 12.1. The third-order valence-electron chi connectivity index (χ3n) is 3.81. The molecule has 0 spiro atoms. The van der Waals surface area contributed by atoms with E-state index in [1.165, 1.54) is 0 Å². The van der Waals surface area contributed by atoms with Gasteiger partial charge in [-0.25, -0.2) is 0 Å². The van der Waals surface area contributed by atoms with Gasteiger partial charge in [-0.05, 0) is 30.5 Å². The zero-order valence-corrected chi connectivity index (χ0v) is 15.4. The average molecular weight is 334 g/mol. The maximum Gasteiger partial charge on any atom is 0.225 e. The molecule has 0 aliphatic carbocycles. The normalized spacial score (nSPS) is 12.4. The van der Waals surface area contributed by atoms with Crippen LogP contribution in [0.5, 0.6) is 5.75 Å². The van der Waals surface area contributed by atoms with Crippen LogP contribution in [0.3, 0.4) is 0 Å². The summed E-state index contributed by atoms with van der Waals surface area (Å²) >= 11 is 0. The first-order valence-electron chi connectivity index (χ1n) is 8.49. The minimum Gasteiger partial charge on any atom is -0.497 e. The monoisotopic (exact) mass is 334 g/mol. The lowest BCUT2D eigenvalue weighted by atomic mass is 9.96. The van der Waals surface area contributed by atoms with Gasteiger partial charge in [-0.3, -0.25) is 9.59 Å². The second-order valence-corrected chi connectivity index (χ2v) is 6.91. The number of hydrogen-bond donors (Lipinski definition) is 2. The van der Waals surface area contributed by atoms with Crippen LogP contribution in [0.25, 0.3) is 0 Å². The van der Waals surface area contributed by atoms with E-state index in [-0.39, 0.29) is 17.9 Å². The molecule has 1 aromatic rings. The van der Waals surface area contributed by atoms with Gasteiger partial charge >= 0.3 is 0 Å². The van der Waals surface area contributed by atoms with Crippen molar-refractivity contribution in [3.63, 3.8) is 0 Å². The van der Waals surface area contributed by atoms with E-state index in [0.29, 0.717) is 19.4 Å². The van der Waals surface area contributed by atoms with Crippen molar-refractivity contribution in [2.24, 2.45) is 5.41 Å². The highest BCUT2D eigenvalue weighted by Gasteiger charge is 2.20. The second kappa shape index (κ2) is 9.30. The molecule has 1 atom stereocenters. The smallest absolute Gasteiger partial charge is 0.225 e. The number of ether oxygens (including phenoxy) is 1. The third-order valence-corrected chi connectivity index (χ3v) is 3.81. The summed E-state index contributed by atoms with van der Waals surface area (Å²) in [6.45, 7) is 8.17. The molecule has 0 saturated heterocycles. The Morgan fingerprint density at radius 3 is 2.29 bits per heavy atom. The maximum atomic E-state index is 12.1. The molecule has 0 saturated carbocycles. The van der Waals surface area contributed by atoms with Crippen LogP contribution >= 0.6 is 0 Å². The lowest BCUT2D eigenvalue weighted by Gasteiger charge is -2.19. The first-order chi connectivity index (χ1) is 11.3. The van der Waals surface area contributed by atoms with Gasteiger partial charge in [0.1, 0.15) is 5.75 Å². The molecule has 0 aliphatic heterocycles. The van der Waals surface area contributed by atoms with Crippen LogP contribution in [0.15, 0.2) is 24.3 Å². The van der Waals surface area contributed by atoms with Crippen LogP contribution < -0.4 is 15.4 Å². The summed E-state index contributed by atoms with van der Waals surface area (Å²) in [6.07, 6.45) is 1.85. The predicted molar refractivity (Wildman–Crippen MR) is 95.9 cm³/mol. The summed E-state index contributed by atoms with van der Waals surface area (Å²) in [4.78, 5) is 23.9. The Labute approximate surface area is 145 Å². The minimum atomic E-state index is -0.399. The summed E-state index contributed by atoms with van der Waals surface area (Å²) in [5, 5.41) is 5.90. The fraction of sp³-hybridized carbons (Fsp3) is 0.579. The van der Waals surface area contributed by atoms with Crippen molar-refractivity contribution < 1.29 is 14.3 Å². The summed E-state index contributed by atoms with van der Waals surface area (Å²) in [5.74, 6) is 0.810. The summed E-state index contributed by atoms with van der Waals surface area (Å²) in [5.41, 5.74) is 0.664. The lowest BCUT2D eigenvalue weighted by Crippen LogP contribution is -2.36. The molecule has 24 heavy (non-hydrogen) atoms. The Hall–Kier alpha value is -2.04. The molecule has 5 nitrogen and oxygen atoms in total. The highest BCUT2D eigenvalue weighted by atomic mass is 16.5. The van der Waals surface area contributed by atoms with Crippen LogP contribution in [0.1, 0.15) is 58.6 Å². The van der Waals surface area contributed by atoms with Gasteiger partial charge in [0.25, 0.3) is 0 Å². The molecular weight excluding hydrogens is 304 g/mol. The minimum absolute atomic E-state index is 0.00248. The number of benzene rings is 1. The zero-order chi connectivity index (χ0) is 18.2. The molecule has 0 aromatic heterocycles. The van der Waals surface area contributed by atoms with E-state index in [4.69, 9.17) is 4.74 Å². The molecule has 0 aliphatic rings. The van der Waals surface area contributed by atoms with Gasteiger partial charge in [-0.1, -0.05) is 39.8 Å². The van der Waals surface area contributed by atoms with Crippen molar-refractivity contribution in [2.45, 2.75) is 53.0 Å². The van der Waals surface area contributed by atoms with Crippen LogP contribution in [0, 0.1) is 5.41 Å². The molecule has 5 heteroatoms. The molecular formula is C19H30N2O3. The van der Waals surface area contributed by atoms with Gasteiger partial charge in [-0.2, -0.15) is 0 Å². The Morgan fingerprint density at radius 2 is 1.79 bits per heavy atom. The van der Waals surface area contributed by atoms with Crippen LogP contribution in [-0.2, 0) is 9.59 Å². The number of carbonyl (C=O) groups excluding carboxylic acids is 2. The summed E-state index contributed by atoms with van der Waals surface area (Å²) in [6, 6.07) is 7.72. The van der Waals surface area contributed by atoms with E-state index < -0.39 is 5.41 Å². The van der Waals surface area contributed by atoms with E-state index in [1.54, 1.807) is 7.11 Å². The lowest BCUT2D eigenvalue weighted by molar-refractivity contribution is -0.128. The molecule has 0 radical (unpaired) electrons. The van der Waals surface area contributed by atoms with Gasteiger partial charge < -0.3 is 15.4 Å². The van der Waals surface area contributed by atoms with Crippen molar-refractivity contribution in [2.75, 3.05) is 13.7 Å². The highest BCUT2D eigenvalue weighted by molar-refractivity contribution is 5.81. The number of amides is 2. The van der Waals surface area contributed by atoms with Gasteiger partial charge in [-0.15, -0.1) is 0 Å². The molecule has 0 fully saturated rings. The molecule has 0 bridgehead atoms. The van der Waals surface area contributed by atoms with Crippen LogP contribution in [0.4, 0.5) is 0 Å².